The largest absolute Gasteiger partial charge is 0.478 e. The predicted molar refractivity (Wildman–Crippen MR) is 65.6 cm³/mol. The van der Waals surface area contributed by atoms with Gasteiger partial charge in [0, 0.05) is 6.54 Å². The van der Waals surface area contributed by atoms with Crippen LogP contribution in [0.25, 0.3) is 0 Å². The number of anilines is 1. The highest BCUT2D eigenvalue weighted by Crippen LogP contribution is 2.27. The Hall–Kier alpha value is -2.04. The summed E-state index contributed by atoms with van der Waals surface area (Å²) in [5.41, 5.74) is 7.46. The van der Waals surface area contributed by atoms with Gasteiger partial charge < -0.3 is 16.2 Å². The Balaban J connectivity index is 3.58. The molecule has 17 heavy (non-hydrogen) atoms. The van der Waals surface area contributed by atoms with E-state index in [0.29, 0.717) is 28.9 Å². The van der Waals surface area contributed by atoms with Gasteiger partial charge in [-0.1, -0.05) is 0 Å². The van der Waals surface area contributed by atoms with Gasteiger partial charge in [-0.05, 0) is 38.0 Å². The Morgan fingerprint density at radius 2 is 2.00 bits per heavy atom. The standard InChI is InChI=1S/C12H16N2O3/c1-4-14-10-7(3)8(12(16)17)5-6(2)9(10)11(13)15/h5,14H,4H2,1-3H3,(H2,13,15)(H,16,17). The minimum absolute atomic E-state index is 0.184. The van der Waals surface area contributed by atoms with Crippen LogP contribution in [-0.4, -0.2) is 23.5 Å². The molecule has 0 fully saturated rings. The van der Waals surface area contributed by atoms with E-state index in [4.69, 9.17) is 10.8 Å². The monoisotopic (exact) mass is 236 g/mol. The van der Waals surface area contributed by atoms with E-state index < -0.39 is 11.9 Å². The number of carboxylic acids is 1. The van der Waals surface area contributed by atoms with Crippen LogP contribution in [0.5, 0.6) is 0 Å². The summed E-state index contributed by atoms with van der Waals surface area (Å²) in [5.74, 6) is -1.57. The Morgan fingerprint density at radius 3 is 2.41 bits per heavy atom. The van der Waals surface area contributed by atoms with Crippen molar-refractivity contribution >= 4 is 17.6 Å². The van der Waals surface area contributed by atoms with Crippen molar-refractivity contribution in [3.8, 4) is 0 Å². The average molecular weight is 236 g/mol. The lowest BCUT2D eigenvalue weighted by atomic mass is 9.96. The molecule has 92 valence electrons. The number of carbonyl (C=O) groups is 2. The maximum absolute atomic E-state index is 11.4. The quantitative estimate of drug-likeness (QED) is 0.739. The van der Waals surface area contributed by atoms with E-state index in [1.807, 2.05) is 6.92 Å². The zero-order valence-corrected chi connectivity index (χ0v) is 10.1. The van der Waals surface area contributed by atoms with Gasteiger partial charge in [0.05, 0.1) is 16.8 Å². The van der Waals surface area contributed by atoms with E-state index in [1.54, 1.807) is 13.8 Å². The molecule has 0 aliphatic rings. The number of hydrogen-bond donors (Lipinski definition) is 3. The van der Waals surface area contributed by atoms with Crippen molar-refractivity contribution in [1.82, 2.24) is 0 Å². The Labute approximate surface area is 99.6 Å². The average Bonchev–Trinajstić information content (AvgIpc) is 2.22. The smallest absolute Gasteiger partial charge is 0.336 e. The maximum Gasteiger partial charge on any atom is 0.336 e. The summed E-state index contributed by atoms with van der Waals surface area (Å²) in [4.78, 5) is 22.5. The van der Waals surface area contributed by atoms with Crippen LogP contribution in [0.1, 0.15) is 38.8 Å². The third-order valence-electron chi connectivity index (χ3n) is 2.61. The Bertz CT molecular complexity index is 481. The van der Waals surface area contributed by atoms with Crippen LogP contribution in [0.3, 0.4) is 0 Å². The number of benzene rings is 1. The molecule has 4 N–H and O–H groups in total. The summed E-state index contributed by atoms with van der Waals surface area (Å²) < 4.78 is 0. The number of amides is 1. The molecule has 1 amide bonds. The summed E-state index contributed by atoms with van der Waals surface area (Å²) in [6.45, 7) is 5.79. The van der Waals surface area contributed by atoms with Gasteiger partial charge in [-0.25, -0.2) is 4.79 Å². The summed E-state index contributed by atoms with van der Waals surface area (Å²) in [6.07, 6.45) is 0. The van der Waals surface area contributed by atoms with Gasteiger partial charge in [-0.2, -0.15) is 0 Å². The zero-order chi connectivity index (χ0) is 13.2. The second-order valence-electron chi connectivity index (χ2n) is 3.82. The fourth-order valence-corrected chi connectivity index (χ4v) is 1.85. The highest BCUT2D eigenvalue weighted by molar-refractivity contribution is 6.03. The molecule has 0 unspecified atom stereocenters. The maximum atomic E-state index is 11.4. The van der Waals surface area contributed by atoms with Crippen molar-refractivity contribution in [2.24, 2.45) is 5.73 Å². The molecule has 0 spiro atoms. The minimum atomic E-state index is -1.01. The summed E-state index contributed by atoms with van der Waals surface area (Å²) in [5, 5.41) is 12.1. The fraction of sp³-hybridized carbons (Fsp3) is 0.333. The lowest BCUT2D eigenvalue weighted by Crippen LogP contribution is -2.18. The predicted octanol–water partition coefficient (Wildman–Crippen LogP) is 1.53. The van der Waals surface area contributed by atoms with Crippen LogP contribution in [0.2, 0.25) is 0 Å². The zero-order valence-electron chi connectivity index (χ0n) is 10.1. The van der Waals surface area contributed by atoms with Gasteiger partial charge in [0.15, 0.2) is 0 Å². The normalized spacial score (nSPS) is 10.1. The van der Waals surface area contributed by atoms with Gasteiger partial charge in [0.1, 0.15) is 0 Å². The van der Waals surface area contributed by atoms with E-state index in [1.165, 1.54) is 6.07 Å². The molecular formula is C12H16N2O3. The molecule has 1 aromatic rings. The van der Waals surface area contributed by atoms with Gasteiger partial charge >= 0.3 is 5.97 Å². The third kappa shape index (κ3) is 2.38. The molecule has 0 heterocycles. The highest BCUT2D eigenvalue weighted by atomic mass is 16.4. The van der Waals surface area contributed by atoms with Crippen LogP contribution in [0.15, 0.2) is 6.07 Å². The molecule has 5 heteroatoms. The van der Waals surface area contributed by atoms with Crippen molar-refractivity contribution < 1.29 is 14.7 Å². The van der Waals surface area contributed by atoms with Crippen molar-refractivity contribution in [1.29, 1.82) is 0 Å². The summed E-state index contributed by atoms with van der Waals surface area (Å²) >= 11 is 0. The van der Waals surface area contributed by atoms with Crippen molar-refractivity contribution in [2.75, 3.05) is 11.9 Å². The van der Waals surface area contributed by atoms with Crippen LogP contribution in [-0.2, 0) is 0 Å². The Morgan fingerprint density at radius 1 is 1.41 bits per heavy atom. The number of rotatable bonds is 4. The fourth-order valence-electron chi connectivity index (χ4n) is 1.85. The molecule has 0 atom stereocenters. The molecule has 0 aliphatic carbocycles. The van der Waals surface area contributed by atoms with Gasteiger partial charge in [-0.3, -0.25) is 4.79 Å². The first-order valence-corrected chi connectivity index (χ1v) is 5.31. The van der Waals surface area contributed by atoms with E-state index in [-0.39, 0.29) is 5.56 Å². The highest BCUT2D eigenvalue weighted by Gasteiger charge is 2.19. The second kappa shape index (κ2) is 4.86. The molecule has 0 aromatic heterocycles. The van der Waals surface area contributed by atoms with E-state index in [0.717, 1.165) is 0 Å². The molecule has 1 aromatic carbocycles. The van der Waals surface area contributed by atoms with Gasteiger partial charge in [0.25, 0.3) is 5.91 Å². The number of hydrogen-bond acceptors (Lipinski definition) is 3. The van der Waals surface area contributed by atoms with Crippen molar-refractivity contribution in [2.45, 2.75) is 20.8 Å². The van der Waals surface area contributed by atoms with Gasteiger partial charge in [-0.15, -0.1) is 0 Å². The molecule has 1 rings (SSSR count). The van der Waals surface area contributed by atoms with E-state index in [2.05, 4.69) is 5.32 Å². The van der Waals surface area contributed by atoms with E-state index >= 15 is 0 Å². The molecule has 0 aliphatic heterocycles. The number of carboxylic acid groups (broad SMARTS) is 1. The first kappa shape index (κ1) is 13.0. The topological polar surface area (TPSA) is 92.4 Å². The summed E-state index contributed by atoms with van der Waals surface area (Å²) in [7, 11) is 0. The van der Waals surface area contributed by atoms with Crippen molar-refractivity contribution in [3.63, 3.8) is 0 Å². The van der Waals surface area contributed by atoms with Crippen LogP contribution >= 0.6 is 0 Å². The SMILES string of the molecule is CCNc1c(C)c(C(=O)O)cc(C)c1C(N)=O. The molecule has 0 bridgehead atoms. The number of carbonyl (C=O) groups excluding carboxylic acids is 1. The Kier molecular flexibility index (Phi) is 3.73. The van der Waals surface area contributed by atoms with Gasteiger partial charge in [0.2, 0.25) is 0 Å². The number of primary amides is 1. The van der Waals surface area contributed by atoms with Crippen molar-refractivity contribution in [3.05, 3.63) is 28.3 Å². The number of nitrogens with one attached hydrogen (secondary N) is 1. The first-order valence-electron chi connectivity index (χ1n) is 5.31. The summed E-state index contributed by atoms with van der Waals surface area (Å²) in [6, 6.07) is 1.47. The third-order valence-corrected chi connectivity index (χ3v) is 2.61. The van der Waals surface area contributed by atoms with Crippen LogP contribution in [0.4, 0.5) is 5.69 Å². The van der Waals surface area contributed by atoms with Crippen LogP contribution < -0.4 is 11.1 Å². The molecule has 0 saturated heterocycles. The molecule has 0 saturated carbocycles. The number of aryl methyl sites for hydroxylation is 1. The number of nitrogens with two attached hydrogens (primary N) is 1. The first-order chi connectivity index (χ1) is 7.90. The number of aromatic carboxylic acids is 1. The second-order valence-corrected chi connectivity index (χ2v) is 3.82. The lowest BCUT2D eigenvalue weighted by Gasteiger charge is -2.16. The van der Waals surface area contributed by atoms with Crippen LogP contribution in [0, 0.1) is 13.8 Å². The lowest BCUT2D eigenvalue weighted by molar-refractivity contribution is 0.0695. The minimum Gasteiger partial charge on any atom is -0.478 e. The molecular weight excluding hydrogens is 220 g/mol. The molecule has 0 radical (unpaired) electrons. The molecule has 5 nitrogen and oxygen atoms in total. The van der Waals surface area contributed by atoms with E-state index in [9.17, 15) is 9.59 Å².